The van der Waals surface area contributed by atoms with Crippen molar-refractivity contribution in [3.05, 3.63) is 291 Å². The molecule has 0 aliphatic carbocycles. The molecule has 0 unspecified atom stereocenters. The van der Waals surface area contributed by atoms with Gasteiger partial charge in [-0.1, -0.05) is 231 Å². The van der Waals surface area contributed by atoms with Gasteiger partial charge in [-0.15, -0.1) is 0 Å². The quantitative estimate of drug-likeness (QED) is 0.133. The zero-order valence-corrected chi connectivity index (χ0v) is 40.6. The Labute approximate surface area is 430 Å². The van der Waals surface area contributed by atoms with E-state index in [1.165, 1.54) is 92.5 Å². The van der Waals surface area contributed by atoms with E-state index in [2.05, 4.69) is 301 Å². The van der Waals surface area contributed by atoms with Crippen molar-refractivity contribution in [1.82, 2.24) is 0 Å². The summed E-state index contributed by atoms with van der Waals surface area (Å²) in [5.74, 6) is 0. The second-order valence-corrected chi connectivity index (χ2v) is 19.2. The van der Waals surface area contributed by atoms with Crippen molar-refractivity contribution in [3.8, 4) is 33.4 Å². The third kappa shape index (κ3) is 7.52. The average molecular weight is 941 g/mol. The number of benzene rings is 14. The van der Waals surface area contributed by atoms with Gasteiger partial charge in [0.25, 0.3) is 0 Å². The summed E-state index contributed by atoms with van der Waals surface area (Å²) in [5.41, 5.74) is 13.7. The van der Waals surface area contributed by atoms with E-state index < -0.39 is 0 Å². The molecule has 0 aromatic heterocycles. The number of anilines is 6. The van der Waals surface area contributed by atoms with Crippen LogP contribution in [0.5, 0.6) is 0 Å². The normalized spacial score (nSPS) is 11.5. The standard InChI is InChI=1S/C72H48N2/c1-3-17-49(18-4-1)52-33-35-56(36-34-52)72-66-44-42-61(73(59-39-37-50-19-7-9-25-57(50)45-59)69-31-15-27-53-21-11-13-29-63(53)69)47-67(66)71(55-23-5-2-6-24-55)65-43-41-62(48-68(65)72)74(60-40-38-51-20-8-10-26-58(51)46-60)70-32-16-28-54-22-12-14-30-64(54)70/h1-48H. The van der Waals surface area contributed by atoms with Gasteiger partial charge in [0.1, 0.15) is 0 Å². The van der Waals surface area contributed by atoms with Gasteiger partial charge in [-0.3, -0.25) is 0 Å². The van der Waals surface area contributed by atoms with E-state index in [1.807, 2.05) is 0 Å². The first-order chi connectivity index (χ1) is 36.7. The van der Waals surface area contributed by atoms with Gasteiger partial charge < -0.3 is 9.80 Å². The molecule has 0 atom stereocenters. The number of rotatable bonds is 9. The molecule has 0 saturated heterocycles. The summed E-state index contributed by atoms with van der Waals surface area (Å²) >= 11 is 0. The minimum atomic E-state index is 1.08. The van der Waals surface area contributed by atoms with Crippen LogP contribution in [0, 0.1) is 0 Å². The molecule has 0 N–H and O–H groups in total. The molecule has 14 aromatic rings. The molecule has 14 rings (SSSR count). The highest BCUT2D eigenvalue weighted by Crippen LogP contribution is 2.50. The van der Waals surface area contributed by atoms with Crippen LogP contribution in [0.3, 0.4) is 0 Å². The Morgan fingerprint density at radius 1 is 0.176 bits per heavy atom. The third-order valence-corrected chi connectivity index (χ3v) is 14.9. The van der Waals surface area contributed by atoms with Crippen molar-refractivity contribution < 1.29 is 0 Å². The van der Waals surface area contributed by atoms with Crippen LogP contribution in [0.15, 0.2) is 291 Å². The Morgan fingerprint density at radius 2 is 0.514 bits per heavy atom. The summed E-state index contributed by atoms with van der Waals surface area (Å²) in [4.78, 5) is 4.91. The molecule has 2 heteroatoms. The van der Waals surface area contributed by atoms with E-state index >= 15 is 0 Å². The zero-order valence-electron chi connectivity index (χ0n) is 40.6. The molecule has 0 aliphatic rings. The Kier molecular flexibility index (Phi) is 10.6. The van der Waals surface area contributed by atoms with E-state index in [0.29, 0.717) is 0 Å². The highest BCUT2D eigenvalue weighted by molar-refractivity contribution is 6.23. The SMILES string of the molecule is c1ccc(-c2ccc(-c3c4ccc(N(c5ccc6ccccc6c5)c5cccc6ccccc56)cc4c(-c4ccccc4)c4ccc(N(c5ccc6ccccc6c5)c5cccc6ccccc56)cc34)cc2)cc1. The Morgan fingerprint density at radius 3 is 1.00 bits per heavy atom. The minimum absolute atomic E-state index is 1.08. The maximum absolute atomic E-state index is 2.46. The Hall–Kier alpha value is -9.76. The summed E-state index contributed by atoms with van der Waals surface area (Å²) in [6.07, 6.45) is 0. The van der Waals surface area contributed by atoms with Crippen molar-refractivity contribution in [1.29, 1.82) is 0 Å². The third-order valence-electron chi connectivity index (χ3n) is 14.9. The van der Waals surface area contributed by atoms with Crippen LogP contribution >= 0.6 is 0 Å². The first-order valence-corrected chi connectivity index (χ1v) is 25.5. The Balaban J connectivity index is 1.07. The largest absolute Gasteiger partial charge is 0.310 e. The molecule has 0 saturated carbocycles. The van der Waals surface area contributed by atoms with E-state index in [1.54, 1.807) is 0 Å². The number of hydrogen-bond acceptors (Lipinski definition) is 2. The van der Waals surface area contributed by atoms with Crippen LogP contribution in [0.1, 0.15) is 0 Å². The smallest absolute Gasteiger partial charge is 0.0540 e. The molecule has 14 aromatic carbocycles. The lowest BCUT2D eigenvalue weighted by Gasteiger charge is -2.29. The van der Waals surface area contributed by atoms with Crippen molar-refractivity contribution in [2.45, 2.75) is 0 Å². The van der Waals surface area contributed by atoms with Crippen LogP contribution in [-0.4, -0.2) is 0 Å². The maximum atomic E-state index is 2.46. The van der Waals surface area contributed by atoms with Crippen LogP contribution in [-0.2, 0) is 0 Å². The molecule has 0 amide bonds. The fourth-order valence-corrected chi connectivity index (χ4v) is 11.5. The van der Waals surface area contributed by atoms with Crippen molar-refractivity contribution >= 4 is 98.8 Å². The van der Waals surface area contributed by atoms with Gasteiger partial charge in [-0.25, -0.2) is 0 Å². The lowest BCUT2D eigenvalue weighted by Crippen LogP contribution is -2.11. The molecule has 0 heterocycles. The molecular formula is C72H48N2. The summed E-state index contributed by atoms with van der Waals surface area (Å²) in [6.45, 7) is 0. The van der Waals surface area contributed by atoms with E-state index in [4.69, 9.17) is 0 Å². The van der Waals surface area contributed by atoms with Crippen molar-refractivity contribution in [2.75, 3.05) is 9.80 Å². The van der Waals surface area contributed by atoms with Crippen molar-refractivity contribution in [2.24, 2.45) is 0 Å². The molecule has 346 valence electrons. The lowest BCUT2D eigenvalue weighted by atomic mass is 9.85. The molecular weight excluding hydrogens is 893 g/mol. The second kappa shape index (κ2) is 18.1. The summed E-state index contributed by atoms with van der Waals surface area (Å²) < 4.78 is 0. The molecule has 2 nitrogen and oxygen atoms in total. The first-order valence-electron chi connectivity index (χ1n) is 25.5. The zero-order chi connectivity index (χ0) is 49.0. The lowest BCUT2D eigenvalue weighted by molar-refractivity contribution is 1.31. The topological polar surface area (TPSA) is 6.48 Å². The maximum Gasteiger partial charge on any atom is 0.0540 e. The van der Waals surface area contributed by atoms with Gasteiger partial charge in [0.2, 0.25) is 0 Å². The predicted molar refractivity (Wildman–Crippen MR) is 317 cm³/mol. The summed E-state index contributed by atoms with van der Waals surface area (Å²) in [7, 11) is 0. The molecule has 0 aliphatic heterocycles. The second-order valence-electron chi connectivity index (χ2n) is 19.2. The molecule has 0 radical (unpaired) electrons. The number of hydrogen-bond donors (Lipinski definition) is 0. The van der Waals surface area contributed by atoms with Gasteiger partial charge >= 0.3 is 0 Å². The van der Waals surface area contributed by atoms with Crippen LogP contribution in [0.2, 0.25) is 0 Å². The van der Waals surface area contributed by atoms with Gasteiger partial charge in [-0.2, -0.15) is 0 Å². The Bertz CT molecular complexity index is 4420. The molecule has 0 fully saturated rings. The van der Waals surface area contributed by atoms with Gasteiger partial charge in [0.05, 0.1) is 11.4 Å². The van der Waals surface area contributed by atoms with E-state index in [9.17, 15) is 0 Å². The van der Waals surface area contributed by atoms with Gasteiger partial charge in [-0.05, 0) is 148 Å². The summed E-state index contributed by atoms with van der Waals surface area (Å²) in [6, 6.07) is 107. The van der Waals surface area contributed by atoms with E-state index in [-0.39, 0.29) is 0 Å². The number of fused-ring (bicyclic) bond motifs is 6. The monoisotopic (exact) mass is 940 g/mol. The molecule has 74 heavy (non-hydrogen) atoms. The fourth-order valence-electron chi connectivity index (χ4n) is 11.5. The summed E-state index contributed by atoms with van der Waals surface area (Å²) in [5, 5.41) is 14.3. The van der Waals surface area contributed by atoms with Crippen LogP contribution in [0.25, 0.3) is 98.0 Å². The predicted octanol–water partition coefficient (Wildman–Crippen LogP) is 20.5. The minimum Gasteiger partial charge on any atom is -0.310 e. The van der Waals surface area contributed by atoms with Crippen LogP contribution in [0.4, 0.5) is 34.1 Å². The molecule has 0 bridgehead atoms. The van der Waals surface area contributed by atoms with Gasteiger partial charge in [0, 0.05) is 33.5 Å². The van der Waals surface area contributed by atoms with E-state index in [0.717, 1.165) is 39.7 Å². The fraction of sp³-hybridized carbons (Fsp3) is 0. The highest BCUT2D eigenvalue weighted by Gasteiger charge is 2.24. The van der Waals surface area contributed by atoms with Gasteiger partial charge in [0.15, 0.2) is 0 Å². The first kappa shape index (κ1) is 43.1. The highest BCUT2D eigenvalue weighted by atomic mass is 15.1. The average Bonchev–Trinajstić information content (AvgIpc) is 3.47. The number of nitrogens with zero attached hydrogens (tertiary/aromatic N) is 2. The molecule has 0 spiro atoms. The van der Waals surface area contributed by atoms with Crippen molar-refractivity contribution in [3.63, 3.8) is 0 Å². The van der Waals surface area contributed by atoms with Crippen LogP contribution < -0.4 is 9.80 Å².